The van der Waals surface area contributed by atoms with E-state index in [-0.39, 0.29) is 17.5 Å². The molecule has 5 rings (SSSR count). The standard InChI is InChI=1S/C23H22FN5O2S2/c24-18-8-6-17(7-9-18)20-14-19-21(26-23(25)27-22(19)32-20)28-10-12-29(13-11-28)33(30,31)15-16-4-2-1-3-5-16/h1-9,14H,10-13,15H2,(H2,25,26,27). The highest BCUT2D eigenvalue weighted by molar-refractivity contribution is 7.88. The summed E-state index contributed by atoms with van der Waals surface area (Å²) in [5.74, 6) is 0.570. The van der Waals surface area contributed by atoms with Gasteiger partial charge in [-0.1, -0.05) is 42.5 Å². The number of thiophene rings is 1. The molecule has 1 aliphatic rings. The third kappa shape index (κ3) is 4.54. The molecule has 7 nitrogen and oxygen atoms in total. The zero-order chi connectivity index (χ0) is 23.0. The van der Waals surface area contributed by atoms with E-state index in [1.54, 1.807) is 12.1 Å². The molecular weight excluding hydrogens is 461 g/mol. The molecule has 170 valence electrons. The zero-order valence-electron chi connectivity index (χ0n) is 17.7. The normalized spacial score (nSPS) is 15.2. The molecule has 0 unspecified atom stereocenters. The Morgan fingerprint density at radius 3 is 2.36 bits per heavy atom. The lowest BCUT2D eigenvalue weighted by molar-refractivity contribution is 0.383. The van der Waals surface area contributed by atoms with Crippen molar-refractivity contribution in [3.8, 4) is 10.4 Å². The fraction of sp³-hybridized carbons (Fsp3) is 0.217. The summed E-state index contributed by atoms with van der Waals surface area (Å²) >= 11 is 1.47. The van der Waals surface area contributed by atoms with Gasteiger partial charge in [0, 0.05) is 31.1 Å². The van der Waals surface area contributed by atoms with Crippen molar-refractivity contribution < 1.29 is 12.8 Å². The first-order valence-electron chi connectivity index (χ1n) is 10.5. The predicted octanol–water partition coefficient (Wildman–Crippen LogP) is 3.73. The van der Waals surface area contributed by atoms with Crippen molar-refractivity contribution in [1.29, 1.82) is 0 Å². The Kier molecular flexibility index (Phi) is 5.73. The van der Waals surface area contributed by atoms with Gasteiger partial charge in [-0.15, -0.1) is 11.3 Å². The molecule has 0 saturated carbocycles. The third-order valence-electron chi connectivity index (χ3n) is 5.64. The van der Waals surface area contributed by atoms with Crippen LogP contribution in [-0.2, 0) is 15.8 Å². The third-order valence-corrected chi connectivity index (χ3v) is 8.57. The van der Waals surface area contributed by atoms with E-state index in [0.717, 1.165) is 26.2 Å². The van der Waals surface area contributed by atoms with Crippen LogP contribution < -0.4 is 10.6 Å². The minimum absolute atomic E-state index is 0.00982. The molecule has 33 heavy (non-hydrogen) atoms. The van der Waals surface area contributed by atoms with Crippen LogP contribution in [0.2, 0.25) is 0 Å². The Morgan fingerprint density at radius 2 is 1.67 bits per heavy atom. The lowest BCUT2D eigenvalue weighted by Crippen LogP contribution is -2.49. The average Bonchev–Trinajstić information content (AvgIpc) is 3.23. The van der Waals surface area contributed by atoms with E-state index in [9.17, 15) is 12.8 Å². The number of piperazine rings is 1. The van der Waals surface area contributed by atoms with Crippen molar-refractivity contribution in [2.75, 3.05) is 36.8 Å². The van der Waals surface area contributed by atoms with Gasteiger partial charge in [0.2, 0.25) is 16.0 Å². The van der Waals surface area contributed by atoms with Crippen molar-refractivity contribution in [3.05, 3.63) is 72.0 Å². The number of halogens is 1. The molecular formula is C23H22FN5O2S2. The van der Waals surface area contributed by atoms with Gasteiger partial charge >= 0.3 is 0 Å². The number of nitrogens with zero attached hydrogens (tertiary/aromatic N) is 4. The van der Waals surface area contributed by atoms with Crippen LogP contribution in [0, 0.1) is 5.82 Å². The SMILES string of the molecule is Nc1nc(N2CCN(S(=O)(=O)Cc3ccccc3)CC2)c2cc(-c3ccc(F)cc3)sc2n1. The zero-order valence-corrected chi connectivity index (χ0v) is 19.3. The lowest BCUT2D eigenvalue weighted by Gasteiger charge is -2.35. The minimum Gasteiger partial charge on any atom is -0.368 e. The van der Waals surface area contributed by atoms with Gasteiger partial charge in [0.05, 0.1) is 11.1 Å². The average molecular weight is 484 g/mol. The van der Waals surface area contributed by atoms with E-state index in [1.807, 2.05) is 36.4 Å². The highest BCUT2D eigenvalue weighted by atomic mass is 32.2. The van der Waals surface area contributed by atoms with Gasteiger partial charge in [-0.05, 0) is 29.3 Å². The highest BCUT2D eigenvalue weighted by Gasteiger charge is 2.29. The number of anilines is 2. The van der Waals surface area contributed by atoms with E-state index in [1.165, 1.54) is 27.8 Å². The maximum Gasteiger partial charge on any atom is 0.223 e. The minimum atomic E-state index is -3.41. The molecule has 2 aromatic carbocycles. The van der Waals surface area contributed by atoms with Crippen molar-refractivity contribution in [2.45, 2.75) is 5.75 Å². The quantitative estimate of drug-likeness (QED) is 0.465. The number of rotatable bonds is 5. The first-order valence-corrected chi connectivity index (χ1v) is 12.9. The topological polar surface area (TPSA) is 92.4 Å². The van der Waals surface area contributed by atoms with E-state index in [4.69, 9.17) is 5.73 Å². The van der Waals surface area contributed by atoms with Gasteiger partial charge in [0.1, 0.15) is 16.5 Å². The summed E-state index contributed by atoms with van der Waals surface area (Å²) in [7, 11) is -3.41. The van der Waals surface area contributed by atoms with Crippen molar-refractivity contribution in [1.82, 2.24) is 14.3 Å². The molecule has 0 atom stereocenters. The number of sulfonamides is 1. The number of hydrogen-bond donors (Lipinski definition) is 1. The number of nitrogen functional groups attached to an aromatic ring is 1. The van der Waals surface area contributed by atoms with Crippen LogP contribution in [0.4, 0.5) is 16.2 Å². The molecule has 3 heterocycles. The second-order valence-electron chi connectivity index (χ2n) is 7.87. The maximum atomic E-state index is 13.3. The summed E-state index contributed by atoms with van der Waals surface area (Å²) in [6.45, 7) is 1.74. The van der Waals surface area contributed by atoms with Crippen molar-refractivity contribution in [3.63, 3.8) is 0 Å². The maximum absolute atomic E-state index is 13.3. The number of nitrogens with two attached hydrogens (primary N) is 1. The second kappa shape index (κ2) is 8.69. The summed E-state index contributed by atoms with van der Waals surface area (Å²) in [6.07, 6.45) is 0. The Labute approximate surface area is 195 Å². The van der Waals surface area contributed by atoms with Crippen LogP contribution in [0.5, 0.6) is 0 Å². The lowest BCUT2D eigenvalue weighted by atomic mass is 10.1. The molecule has 0 aliphatic carbocycles. The number of aromatic nitrogens is 2. The molecule has 0 radical (unpaired) electrons. The molecule has 1 saturated heterocycles. The van der Waals surface area contributed by atoms with Crippen LogP contribution in [0.1, 0.15) is 5.56 Å². The Balaban J connectivity index is 1.37. The van der Waals surface area contributed by atoms with Gasteiger partial charge in [-0.2, -0.15) is 9.29 Å². The summed E-state index contributed by atoms with van der Waals surface area (Å²) in [4.78, 5) is 12.6. The molecule has 4 aromatic rings. The van der Waals surface area contributed by atoms with Crippen LogP contribution in [0.15, 0.2) is 60.7 Å². The van der Waals surface area contributed by atoms with Gasteiger partial charge in [0.15, 0.2) is 0 Å². The molecule has 0 amide bonds. The van der Waals surface area contributed by atoms with E-state index < -0.39 is 10.0 Å². The molecule has 0 spiro atoms. The Morgan fingerprint density at radius 1 is 0.970 bits per heavy atom. The van der Waals surface area contributed by atoms with Crippen molar-refractivity contribution >= 4 is 43.3 Å². The van der Waals surface area contributed by atoms with Gasteiger partial charge in [-0.25, -0.2) is 17.8 Å². The first kappa shape index (κ1) is 21.7. The number of benzene rings is 2. The molecule has 1 aliphatic heterocycles. The predicted molar refractivity (Wildman–Crippen MR) is 130 cm³/mol. The summed E-state index contributed by atoms with van der Waals surface area (Å²) in [5, 5.41) is 0.856. The molecule has 0 bridgehead atoms. The number of fused-ring (bicyclic) bond motifs is 1. The molecule has 10 heteroatoms. The van der Waals surface area contributed by atoms with Gasteiger partial charge < -0.3 is 10.6 Å². The fourth-order valence-corrected chi connectivity index (χ4v) is 6.53. The van der Waals surface area contributed by atoms with Crippen molar-refractivity contribution in [2.24, 2.45) is 0 Å². The van der Waals surface area contributed by atoms with Crippen LogP contribution in [0.25, 0.3) is 20.7 Å². The first-order chi connectivity index (χ1) is 15.9. The monoisotopic (exact) mass is 483 g/mol. The van der Waals surface area contributed by atoms with E-state index in [0.29, 0.717) is 32.0 Å². The summed E-state index contributed by atoms with van der Waals surface area (Å²) < 4.78 is 40.6. The smallest absolute Gasteiger partial charge is 0.223 e. The molecule has 1 fully saturated rings. The summed E-state index contributed by atoms with van der Waals surface area (Å²) in [5.41, 5.74) is 7.65. The summed E-state index contributed by atoms with van der Waals surface area (Å²) in [6, 6.07) is 17.5. The molecule has 2 aromatic heterocycles. The van der Waals surface area contributed by atoms with Gasteiger partial charge in [0.25, 0.3) is 0 Å². The fourth-order valence-electron chi connectivity index (χ4n) is 3.97. The number of hydrogen-bond acceptors (Lipinski definition) is 7. The molecule has 2 N–H and O–H groups in total. The Hall–Kier alpha value is -3.08. The van der Waals surface area contributed by atoms with Crippen LogP contribution >= 0.6 is 11.3 Å². The highest BCUT2D eigenvalue weighted by Crippen LogP contribution is 2.37. The van der Waals surface area contributed by atoms with Gasteiger partial charge in [-0.3, -0.25) is 0 Å². The second-order valence-corrected chi connectivity index (χ2v) is 10.9. The van der Waals surface area contributed by atoms with Crippen LogP contribution in [-0.4, -0.2) is 48.9 Å². The van der Waals surface area contributed by atoms with E-state index >= 15 is 0 Å². The van der Waals surface area contributed by atoms with E-state index in [2.05, 4.69) is 14.9 Å². The van der Waals surface area contributed by atoms with Crippen LogP contribution in [0.3, 0.4) is 0 Å². The Bertz CT molecular complexity index is 1380. The largest absolute Gasteiger partial charge is 0.368 e.